The number of para-hydroxylation sites is 1. The van der Waals surface area contributed by atoms with Gasteiger partial charge in [-0.3, -0.25) is 4.40 Å². The summed E-state index contributed by atoms with van der Waals surface area (Å²) in [6, 6.07) is 63.8. The van der Waals surface area contributed by atoms with Gasteiger partial charge in [0, 0.05) is 44.1 Å². The van der Waals surface area contributed by atoms with Crippen LogP contribution in [0, 0.1) is 0 Å². The molecule has 0 unspecified atom stereocenters. The second-order valence-electron chi connectivity index (χ2n) is 14.3. The molecule has 0 N–H and O–H groups in total. The molecule has 0 atom stereocenters. The molecule has 0 saturated heterocycles. The average molecular weight is 715 g/mol. The Hall–Kier alpha value is -7.70. The highest BCUT2D eigenvalue weighted by atomic mass is 15.1. The van der Waals surface area contributed by atoms with Gasteiger partial charge in [0.05, 0.1) is 27.6 Å². The fraction of sp³-hybridized carbons (Fsp3) is 0. The van der Waals surface area contributed by atoms with Crippen LogP contribution >= 0.6 is 0 Å². The molecule has 0 aliphatic carbocycles. The third-order valence-corrected chi connectivity index (χ3v) is 11.1. The van der Waals surface area contributed by atoms with Crippen molar-refractivity contribution in [2.45, 2.75) is 0 Å². The molecule has 4 heterocycles. The van der Waals surface area contributed by atoms with Crippen LogP contribution in [0.3, 0.4) is 0 Å². The van der Waals surface area contributed by atoms with E-state index >= 15 is 0 Å². The Bertz CT molecular complexity index is 3460. The van der Waals surface area contributed by atoms with Crippen molar-refractivity contribution in [1.29, 1.82) is 0 Å². The number of hydrogen-bond acceptors (Lipinski definition) is 4. The number of hydrogen-bond donors (Lipinski definition) is 0. The van der Waals surface area contributed by atoms with Crippen LogP contribution in [0.25, 0.3) is 111 Å². The Labute approximate surface area is 321 Å². The third kappa shape index (κ3) is 4.56. The summed E-state index contributed by atoms with van der Waals surface area (Å²) in [4.78, 5) is 20.4. The van der Waals surface area contributed by atoms with Crippen molar-refractivity contribution in [2.24, 2.45) is 0 Å². The molecule has 260 valence electrons. The molecule has 0 saturated carbocycles. The number of rotatable bonds is 5. The molecule has 6 nitrogen and oxygen atoms in total. The van der Waals surface area contributed by atoms with E-state index in [4.69, 9.17) is 19.9 Å². The number of fused-ring (bicyclic) bond motifs is 4. The molecule has 0 bridgehead atoms. The van der Waals surface area contributed by atoms with Crippen molar-refractivity contribution in [3.8, 4) is 51.2 Å². The summed E-state index contributed by atoms with van der Waals surface area (Å²) < 4.78 is 4.75. The summed E-state index contributed by atoms with van der Waals surface area (Å²) in [5.74, 6) is 2.85. The number of aromatic nitrogens is 6. The van der Waals surface area contributed by atoms with E-state index in [0.717, 1.165) is 66.7 Å². The highest BCUT2D eigenvalue weighted by molar-refractivity contribution is 6.30. The van der Waals surface area contributed by atoms with E-state index < -0.39 is 0 Å². The van der Waals surface area contributed by atoms with Crippen LogP contribution in [0.4, 0.5) is 0 Å². The van der Waals surface area contributed by atoms with Gasteiger partial charge in [0.2, 0.25) is 0 Å². The van der Waals surface area contributed by atoms with E-state index in [1.54, 1.807) is 0 Å². The molecular weight excluding hydrogens is 685 g/mol. The maximum atomic E-state index is 5.27. The smallest absolute Gasteiger partial charge is 0.164 e. The molecule has 0 aliphatic rings. The first-order valence-electron chi connectivity index (χ1n) is 18.8. The maximum Gasteiger partial charge on any atom is 0.164 e. The zero-order valence-corrected chi connectivity index (χ0v) is 30.0. The van der Waals surface area contributed by atoms with Crippen molar-refractivity contribution in [2.75, 3.05) is 0 Å². The summed E-state index contributed by atoms with van der Waals surface area (Å²) in [5, 5.41) is 7.16. The summed E-state index contributed by atoms with van der Waals surface area (Å²) in [5.41, 5.74) is 10.5. The highest BCUT2D eigenvalue weighted by Crippen LogP contribution is 2.44. The van der Waals surface area contributed by atoms with Crippen LogP contribution in [0.15, 0.2) is 182 Å². The summed E-state index contributed by atoms with van der Waals surface area (Å²) >= 11 is 0. The second-order valence-corrected chi connectivity index (χ2v) is 14.3. The van der Waals surface area contributed by atoms with Gasteiger partial charge in [0.15, 0.2) is 17.5 Å². The first kappa shape index (κ1) is 30.7. The topological polar surface area (TPSA) is 60.9 Å². The van der Waals surface area contributed by atoms with Crippen molar-refractivity contribution in [1.82, 2.24) is 28.9 Å². The van der Waals surface area contributed by atoms with Crippen molar-refractivity contribution in [3.05, 3.63) is 182 Å². The van der Waals surface area contributed by atoms with Crippen LogP contribution in [-0.4, -0.2) is 28.9 Å². The molecule has 6 heteroatoms. The van der Waals surface area contributed by atoms with Gasteiger partial charge in [-0.15, -0.1) is 0 Å². The van der Waals surface area contributed by atoms with E-state index in [1.807, 2.05) is 30.3 Å². The number of imidazole rings is 1. The molecule has 12 rings (SSSR count). The Morgan fingerprint density at radius 2 is 0.946 bits per heavy atom. The minimum absolute atomic E-state index is 0.628. The molecule has 8 aromatic carbocycles. The molecular formula is C50H30N6. The SMILES string of the molecule is c1ccc(-c2nc(-c3ccc(-n4c5cccc6c7ccccc7n7c(-c8ccccc8)nc8ccc4c(c65)c87)cc3)nc(-c3ccc4ccccc4c3)n2)cc1. The molecule has 0 fully saturated rings. The Kier molecular flexibility index (Phi) is 6.53. The van der Waals surface area contributed by atoms with Crippen LogP contribution < -0.4 is 0 Å². The fourth-order valence-electron chi connectivity index (χ4n) is 8.56. The van der Waals surface area contributed by atoms with Gasteiger partial charge in [0.25, 0.3) is 0 Å². The minimum Gasteiger partial charge on any atom is -0.309 e. The third-order valence-electron chi connectivity index (χ3n) is 11.1. The van der Waals surface area contributed by atoms with Gasteiger partial charge in [-0.1, -0.05) is 127 Å². The van der Waals surface area contributed by atoms with E-state index in [-0.39, 0.29) is 0 Å². The number of benzene rings is 8. The second kappa shape index (κ2) is 11.9. The summed E-state index contributed by atoms with van der Waals surface area (Å²) in [6.07, 6.45) is 0. The van der Waals surface area contributed by atoms with Crippen LogP contribution in [0.2, 0.25) is 0 Å². The maximum absolute atomic E-state index is 5.27. The predicted molar refractivity (Wildman–Crippen MR) is 228 cm³/mol. The fourth-order valence-corrected chi connectivity index (χ4v) is 8.56. The van der Waals surface area contributed by atoms with Crippen molar-refractivity contribution < 1.29 is 0 Å². The van der Waals surface area contributed by atoms with Gasteiger partial charge in [-0.05, 0) is 70.8 Å². The zero-order valence-electron chi connectivity index (χ0n) is 30.0. The largest absolute Gasteiger partial charge is 0.309 e. The van der Waals surface area contributed by atoms with Crippen molar-refractivity contribution in [3.63, 3.8) is 0 Å². The van der Waals surface area contributed by atoms with Crippen LogP contribution in [-0.2, 0) is 0 Å². The first-order chi connectivity index (χ1) is 27.8. The quantitative estimate of drug-likeness (QED) is 0.178. The zero-order chi connectivity index (χ0) is 36.7. The van der Waals surface area contributed by atoms with Crippen LogP contribution in [0.1, 0.15) is 0 Å². The lowest BCUT2D eigenvalue weighted by molar-refractivity contribution is 1.07. The summed E-state index contributed by atoms with van der Waals surface area (Å²) in [7, 11) is 0. The molecule has 4 aromatic heterocycles. The van der Waals surface area contributed by atoms with Gasteiger partial charge < -0.3 is 4.57 Å². The molecule has 0 aliphatic heterocycles. The molecule has 0 amide bonds. The molecule has 0 spiro atoms. The lowest BCUT2D eigenvalue weighted by Gasteiger charge is -2.11. The standard InChI is InChI=1S/C50H30N6/c1-3-13-32(14-4-1)47-52-48(54-49(53-47)36-23-22-31-12-7-8-17-35(31)30-36)33-24-26-37(27-25-33)55-42-21-11-19-39-38-18-9-10-20-41(38)56-46-40(28-29-43(55)45(46)44(39)42)51-50(56)34-15-5-2-6-16-34/h1-30H. The van der Waals surface area contributed by atoms with Crippen LogP contribution in [0.5, 0.6) is 0 Å². The van der Waals surface area contributed by atoms with Gasteiger partial charge in [-0.2, -0.15) is 0 Å². The molecule has 12 aromatic rings. The Morgan fingerprint density at radius 3 is 1.73 bits per heavy atom. The highest BCUT2D eigenvalue weighted by Gasteiger charge is 2.24. The van der Waals surface area contributed by atoms with Gasteiger partial charge in [0.1, 0.15) is 5.82 Å². The average Bonchev–Trinajstić information content (AvgIpc) is 3.79. The molecule has 56 heavy (non-hydrogen) atoms. The van der Waals surface area contributed by atoms with E-state index in [1.165, 1.54) is 26.9 Å². The predicted octanol–water partition coefficient (Wildman–Crippen LogP) is 12.2. The van der Waals surface area contributed by atoms with Crippen molar-refractivity contribution >= 4 is 59.9 Å². The first-order valence-corrected chi connectivity index (χ1v) is 18.8. The van der Waals surface area contributed by atoms with Gasteiger partial charge >= 0.3 is 0 Å². The lowest BCUT2D eigenvalue weighted by atomic mass is 10.1. The Balaban J connectivity index is 1.07. The molecule has 0 radical (unpaired) electrons. The number of nitrogens with zero attached hydrogens (tertiary/aromatic N) is 6. The lowest BCUT2D eigenvalue weighted by Crippen LogP contribution is -2.00. The minimum atomic E-state index is 0.628. The van der Waals surface area contributed by atoms with E-state index in [2.05, 4.69) is 161 Å². The van der Waals surface area contributed by atoms with E-state index in [9.17, 15) is 0 Å². The monoisotopic (exact) mass is 714 g/mol. The Morgan fingerprint density at radius 1 is 0.357 bits per heavy atom. The van der Waals surface area contributed by atoms with E-state index in [0.29, 0.717) is 17.5 Å². The normalized spacial score (nSPS) is 11.9. The van der Waals surface area contributed by atoms with Gasteiger partial charge in [-0.25, -0.2) is 19.9 Å². The summed E-state index contributed by atoms with van der Waals surface area (Å²) in [6.45, 7) is 0.